The Morgan fingerprint density at radius 3 is 2.15 bits per heavy atom. The third kappa shape index (κ3) is 5.14. The molecule has 262 valence electrons. The molecular weight excluding hydrogens is 703 g/mol. The zero-order valence-electron chi connectivity index (χ0n) is 32.8. The fourth-order valence-corrected chi connectivity index (χ4v) is 22.9. The summed E-state index contributed by atoms with van der Waals surface area (Å²) < 4.78 is 3.82. The second kappa shape index (κ2) is 13.0. The molecule has 1 fully saturated rings. The number of benzene rings is 1. The van der Waals surface area contributed by atoms with Crippen molar-refractivity contribution in [2.24, 2.45) is 38.9 Å². The molecule has 0 nitrogen and oxygen atoms in total. The van der Waals surface area contributed by atoms with Crippen LogP contribution in [-0.4, -0.2) is 3.21 Å². The van der Waals surface area contributed by atoms with E-state index in [0.29, 0.717) is 11.8 Å². The zero-order valence-corrected chi connectivity index (χ0v) is 36.7. The molecule has 48 heavy (non-hydrogen) atoms. The van der Waals surface area contributed by atoms with Gasteiger partial charge in [-0.15, -0.1) is 0 Å². The predicted octanol–water partition coefficient (Wildman–Crippen LogP) is 7.06. The molecule has 0 N–H and O–H groups in total. The van der Waals surface area contributed by atoms with E-state index in [1.807, 2.05) is 8.85 Å². The van der Waals surface area contributed by atoms with Gasteiger partial charge in [0.25, 0.3) is 0 Å². The molecule has 1 saturated carbocycles. The SMILES string of the molecule is CCCCC1C=C(C(C)(C)C)C=[C]1[Zr+2](=[C](C)C)[C]1(C)C2=C3Cc4ccccc4C3=C3C=CCCC3C2(C)C(C)(C)C(C)(C)C1(C)C.[Cl-].[Cl-]. The van der Waals surface area contributed by atoms with Crippen LogP contribution in [0, 0.1) is 38.9 Å². The van der Waals surface area contributed by atoms with E-state index < -0.39 is 21.3 Å². The van der Waals surface area contributed by atoms with E-state index in [9.17, 15) is 0 Å². The van der Waals surface area contributed by atoms with Crippen LogP contribution in [0.4, 0.5) is 0 Å². The van der Waals surface area contributed by atoms with Crippen LogP contribution < -0.4 is 24.8 Å². The van der Waals surface area contributed by atoms with Crippen molar-refractivity contribution in [1.29, 1.82) is 0 Å². The largest absolute Gasteiger partial charge is 1.00 e. The van der Waals surface area contributed by atoms with Gasteiger partial charge in [0, 0.05) is 0 Å². The topological polar surface area (TPSA) is 0 Å². The van der Waals surface area contributed by atoms with Crippen LogP contribution in [0.3, 0.4) is 0 Å². The van der Waals surface area contributed by atoms with Gasteiger partial charge in [-0.2, -0.15) is 0 Å². The molecule has 0 spiro atoms. The molecule has 0 amide bonds. The van der Waals surface area contributed by atoms with Crippen LogP contribution >= 0.6 is 0 Å². The van der Waals surface area contributed by atoms with Crippen LogP contribution in [0.5, 0.6) is 0 Å². The molecule has 5 aliphatic carbocycles. The van der Waals surface area contributed by atoms with Crippen LogP contribution in [0.2, 0.25) is 3.12 Å². The monoisotopic (exact) mass is 764 g/mol. The van der Waals surface area contributed by atoms with Gasteiger partial charge in [-0.25, -0.2) is 0 Å². The van der Waals surface area contributed by atoms with E-state index in [-0.39, 0.29) is 55.0 Å². The van der Waals surface area contributed by atoms with E-state index in [2.05, 4.69) is 146 Å². The van der Waals surface area contributed by atoms with Crippen molar-refractivity contribution >= 4 is 8.78 Å². The van der Waals surface area contributed by atoms with Crippen molar-refractivity contribution in [2.75, 3.05) is 0 Å². The van der Waals surface area contributed by atoms with Gasteiger partial charge >= 0.3 is 293 Å². The summed E-state index contributed by atoms with van der Waals surface area (Å²) in [6.07, 6.45) is 18.1. The van der Waals surface area contributed by atoms with Crippen LogP contribution in [-0.2, 0) is 27.7 Å². The number of halogens is 2. The molecule has 3 heteroatoms. The first-order valence-electron chi connectivity index (χ1n) is 18.7. The normalized spacial score (nSPS) is 30.4. The maximum atomic E-state index is 2.85. The Balaban J connectivity index is 0.00000260. The molecule has 0 saturated heterocycles. The summed E-state index contributed by atoms with van der Waals surface area (Å²) in [7, 11) is 0. The first-order valence-corrected chi connectivity index (χ1v) is 22.3. The average Bonchev–Trinajstić information content (AvgIpc) is 3.57. The van der Waals surface area contributed by atoms with Crippen molar-refractivity contribution in [3.63, 3.8) is 0 Å². The van der Waals surface area contributed by atoms with Gasteiger partial charge < -0.3 is 24.8 Å². The molecule has 6 rings (SSSR count). The second-order valence-corrected chi connectivity index (χ2v) is 27.0. The Kier molecular flexibility index (Phi) is 10.9. The molecule has 4 unspecified atom stereocenters. The first-order chi connectivity index (χ1) is 21.3. The van der Waals surface area contributed by atoms with Crippen molar-refractivity contribution in [2.45, 2.75) is 139 Å². The smallest absolute Gasteiger partial charge is 1.00 e. The minimum Gasteiger partial charge on any atom is -1.00 e. The van der Waals surface area contributed by atoms with Crippen LogP contribution in [0.25, 0.3) is 5.57 Å². The maximum Gasteiger partial charge on any atom is -1.00 e. The molecule has 1 aromatic carbocycles. The second-order valence-electron chi connectivity index (χ2n) is 18.8. The van der Waals surface area contributed by atoms with Gasteiger partial charge in [-0.05, 0) is 0 Å². The Morgan fingerprint density at radius 2 is 1.54 bits per heavy atom. The van der Waals surface area contributed by atoms with Gasteiger partial charge in [0.2, 0.25) is 0 Å². The number of rotatable bonds is 5. The summed E-state index contributed by atoms with van der Waals surface area (Å²) in [4.78, 5) is 0. The Labute approximate surface area is 315 Å². The van der Waals surface area contributed by atoms with E-state index in [4.69, 9.17) is 0 Å². The summed E-state index contributed by atoms with van der Waals surface area (Å²) in [6, 6.07) is 9.46. The number of hydrogen-bond donors (Lipinski definition) is 0. The van der Waals surface area contributed by atoms with E-state index in [1.54, 1.807) is 31.1 Å². The predicted molar refractivity (Wildman–Crippen MR) is 199 cm³/mol. The third-order valence-electron chi connectivity index (χ3n) is 15.3. The quantitative estimate of drug-likeness (QED) is 0.301. The van der Waals surface area contributed by atoms with Crippen molar-refractivity contribution in [1.82, 2.24) is 0 Å². The molecular formula is C45H64Cl2Zr. The molecule has 0 aromatic heterocycles. The van der Waals surface area contributed by atoms with Gasteiger partial charge in [-0.3, -0.25) is 0 Å². The minimum absolute atomic E-state index is 0. The maximum absolute atomic E-state index is 2.85. The molecule has 5 aliphatic rings. The summed E-state index contributed by atoms with van der Waals surface area (Å²) in [5, 5.41) is 0. The Bertz CT molecular complexity index is 1660. The molecule has 0 radical (unpaired) electrons. The fourth-order valence-electron chi connectivity index (χ4n) is 11.5. The molecule has 0 bridgehead atoms. The Hall–Kier alpha value is -0.747. The molecule has 4 atom stereocenters. The van der Waals surface area contributed by atoms with Gasteiger partial charge in [0.1, 0.15) is 0 Å². The average molecular weight is 767 g/mol. The van der Waals surface area contributed by atoms with Gasteiger partial charge in [-0.1, -0.05) is 0 Å². The Morgan fingerprint density at radius 1 is 0.896 bits per heavy atom. The van der Waals surface area contributed by atoms with Gasteiger partial charge in [0.05, 0.1) is 0 Å². The van der Waals surface area contributed by atoms with Crippen molar-refractivity contribution in [3.8, 4) is 0 Å². The number of allylic oxidation sites excluding steroid dienone is 10. The van der Waals surface area contributed by atoms with Crippen LogP contribution in [0.1, 0.15) is 140 Å². The van der Waals surface area contributed by atoms with Crippen LogP contribution in [0.15, 0.2) is 74.1 Å². The molecule has 0 aliphatic heterocycles. The minimum atomic E-state index is -2.62. The van der Waals surface area contributed by atoms with E-state index >= 15 is 0 Å². The molecule has 1 aromatic rings. The third-order valence-corrected chi connectivity index (χ3v) is 25.1. The summed E-state index contributed by atoms with van der Waals surface area (Å²) in [5.74, 6) is 1.16. The summed E-state index contributed by atoms with van der Waals surface area (Å²) >= 11 is -2.62. The number of fused-ring (bicyclic) bond motifs is 6. The standard InChI is InChI=1S/C29H37.C13H21.C3H6.2ClH.Zr/c1-18-25-22-17-19-13-9-10-14-20(19)24(22)21-15-11-12-16-23(21)29(25,8)28(6,7)27(4,5)26(18,2)3;1-5-6-7-11-8-9-12(10-11)13(2,3)4;1-3-2;;;/h9-11,13-15,23H,12,16-17H2,1-8H3;9-11H,5-7H2,1-4H3;1-2H3;2*1H;/q;;;;;+2/p-2. The summed E-state index contributed by atoms with van der Waals surface area (Å²) in [5.41, 5.74) is 12.2. The number of hydrogen-bond acceptors (Lipinski definition) is 0. The van der Waals surface area contributed by atoms with Gasteiger partial charge in [0.15, 0.2) is 0 Å². The van der Waals surface area contributed by atoms with E-state index in [1.165, 1.54) is 37.7 Å². The first kappa shape index (κ1) is 40.0. The van der Waals surface area contributed by atoms with Crippen molar-refractivity contribution < 1.29 is 46.1 Å². The summed E-state index contributed by atoms with van der Waals surface area (Å²) in [6.45, 7) is 36.6. The molecule has 0 heterocycles. The zero-order chi connectivity index (χ0) is 33.8. The number of unbranched alkanes of at least 4 members (excludes halogenated alkanes) is 1. The van der Waals surface area contributed by atoms with E-state index in [0.717, 1.165) is 6.42 Å². The van der Waals surface area contributed by atoms with Crippen molar-refractivity contribution in [3.05, 3.63) is 85.3 Å². The fraction of sp³-hybridized carbons (Fsp3) is 0.622.